The maximum Gasteiger partial charge on any atom is 0.156 e. The van der Waals surface area contributed by atoms with Crippen molar-refractivity contribution in [3.05, 3.63) is 106 Å². The summed E-state index contributed by atoms with van der Waals surface area (Å²) < 4.78 is 14.1. The summed E-state index contributed by atoms with van der Waals surface area (Å²) >= 11 is 7.24. The number of hydrogen-bond donors (Lipinski definition) is 0. The second kappa shape index (κ2) is 10.4. The average Bonchev–Trinajstić information content (AvgIpc) is 2.77. The lowest BCUT2D eigenvalue weighted by Crippen LogP contribution is -1.89. The van der Waals surface area contributed by atoms with Gasteiger partial charge in [-0.05, 0) is 102 Å². The van der Waals surface area contributed by atoms with Gasteiger partial charge in [0.05, 0.1) is 18.7 Å². The van der Waals surface area contributed by atoms with Crippen LogP contribution >= 0.6 is 53.4 Å². The van der Waals surface area contributed by atoms with Gasteiger partial charge in [-0.25, -0.2) is 0 Å². The van der Waals surface area contributed by atoms with Gasteiger partial charge in [-0.1, -0.05) is 48.5 Å². The predicted molar refractivity (Wildman–Crippen MR) is 133 cm³/mol. The molecule has 0 atom stereocenters. The Kier molecular flexibility index (Phi) is 7.44. The van der Waals surface area contributed by atoms with Gasteiger partial charge >= 0.3 is 0 Å². The van der Waals surface area contributed by atoms with Gasteiger partial charge in [-0.2, -0.15) is 0 Å². The first-order chi connectivity index (χ1) is 14.7. The molecule has 0 saturated heterocycles. The van der Waals surface area contributed by atoms with Crippen LogP contribution in [0.5, 0.6) is 23.0 Å². The second-order valence-electron chi connectivity index (χ2n) is 6.13. The van der Waals surface area contributed by atoms with Crippen molar-refractivity contribution in [2.75, 3.05) is 0 Å². The average molecular weight is 560 g/mol. The molecule has 0 N–H and O–H groups in total. The number of rotatable bonds is 7. The molecule has 0 spiro atoms. The molecule has 0 saturated carbocycles. The highest BCUT2D eigenvalue weighted by molar-refractivity contribution is 9.11. The maximum absolute atomic E-state index is 6.16. The number of benzene rings is 4. The Morgan fingerprint density at radius 3 is 1.27 bits per heavy atom. The molecule has 4 aromatic rings. The third-order valence-electron chi connectivity index (χ3n) is 4.01. The van der Waals surface area contributed by atoms with Gasteiger partial charge in [0.15, 0.2) is 11.5 Å². The SMILES string of the molecule is Brc1cccc(SSc2cccc(Br)c2Oc2ccccc2)c1Oc1ccccc1. The Labute approximate surface area is 200 Å². The molecular weight excluding hydrogens is 544 g/mol. The Balaban J connectivity index is 1.57. The largest absolute Gasteiger partial charge is 0.455 e. The van der Waals surface area contributed by atoms with E-state index >= 15 is 0 Å². The standard InChI is InChI=1S/C24H16Br2O2S2/c25-19-13-7-15-21(23(19)27-17-9-3-1-4-10-17)29-30-22-16-8-14-20(26)24(22)28-18-11-5-2-6-12-18/h1-16H. The van der Waals surface area contributed by atoms with Crippen molar-refractivity contribution in [3.8, 4) is 23.0 Å². The first-order valence-electron chi connectivity index (χ1n) is 9.08. The predicted octanol–water partition coefficient (Wildman–Crippen LogP) is 9.60. The Morgan fingerprint density at radius 2 is 0.867 bits per heavy atom. The quantitative estimate of drug-likeness (QED) is 0.210. The fraction of sp³-hybridized carbons (Fsp3) is 0. The van der Waals surface area contributed by atoms with Crippen LogP contribution in [0.2, 0.25) is 0 Å². The molecule has 6 heteroatoms. The zero-order valence-electron chi connectivity index (χ0n) is 15.6. The van der Waals surface area contributed by atoms with Crippen molar-refractivity contribution in [2.24, 2.45) is 0 Å². The van der Waals surface area contributed by atoms with Crippen LogP contribution in [0.25, 0.3) is 0 Å². The second-order valence-corrected chi connectivity index (χ2v) is 10.1. The molecule has 0 aliphatic rings. The molecule has 4 rings (SSSR count). The molecule has 0 fully saturated rings. The van der Waals surface area contributed by atoms with E-state index in [9.17, 15) is 0 Å². The first-order valence-corrected chi connectivity index (χ1v) is 12.8. The van der Waals surface area contributed by atoms with Crippen LogP contribution in [-0.4, -0.2) is 0 Å². The minimum Gasteiger partial charge on any atom is -0.455 e. The highest BCUT2D eigenvalue weighted by atomic mass is 79.9. The zero-order valence-corrected chi connectivity index (χ0v) is 20.4. The molecule has 0 radical (unpaired) electrons. The van der Waals surface area contributed by atoms with Crippen molar-refractivity contribution in [3.63, 3.8) is 0 Å². The van der Waals surface area contributed by atoms with E-state index in [-0.39, 0.29) is 0 Å². The van der Waals surface area contributed by atoms with Crippen molar-refractivity contribution in [1.29, 1.82) is 0 Å². The van der Waals surface area contributed by atoms with Gasteiger partial charge in [0.1, 0.15) is 11.5 Å². The van der Waals surface area contributed by atoms with E-state index in [4.69, 9.17) is 9.47 Å². The highest BCUT2D eigenvalue weighted by Crippen LogP contribution is 2.49. The molecule has 0 aliphatic heterocycles. The van der Waals surface area contributed by atoms with E-state index in [2.05, 4.69) is 44.0 Å². The van der Waals surface area contributed by atoms with Gasteiger partial charge in [0.2, 0.25) is 0 Å². The molecule has 0 unspecified atom stereocenters. The summed E-state index contributed by atoms with van der Waals surface area (Å²) in [6.07, 6.45) is 0. The van der Waals surface area contributed by atoms with E-state index in [1.807, 2.05) is 84.9 Å². The van der Waals surface area contributed by atoms with Gasteiger partial charge in [-0.3, -0.25) is 0 Å². The molecule has 30 heavy (non-hydrogen) atoms. The Morgan fingerprint density at radius 1 is 0.467 bits per heavy atom. The first kappa shape index (κ1) is 21.4. The van der Waals surface area contributed by atoms with E-state index in [0.717, 1.165) is 41.7 Å². The van der Waals surface area contributed by atoms with Crippen LogP contribution in [0.3, 0.4) is 0 Å². The smallest absolute Gasteiger partial charge is 0.156 e. The minimum atomic E-state index is 0.793. The molecule has 150 valence electrons. The van der Waals surface area contributed by atoms with Crippen molar-refractivity contribution in [2.45, 2.75) is 9.79 Å². The van der Waals surface area contributed by atoms with Crippen LogP contribution in [0.4, 0.5) is 0 Å². The number of hydrogen-bond acceptors (Lipinski definition) is 4. The molecule has 2 nitrogen and oxygen atoms in total. The minimum absolute atomic E-state index is 0.793. The number of para-hydroxylation sites is 4. The highest BCUT2D eigenvalue weighted by Gasteiger charge is 2.15. The molecule has 0 heterocycles. The topological polar surface area (TPSA) is 18.5 Å². The summed E-state index contributed by atoms with van der Waals surface area (Å²) in [6, 6.07) is 31.7. The van der Waals surface area contributed by atoms with E-state index < -0.39 is 0 Å². The summed E-state index contributed by atoms with van der Waals surface area (Å²) in [5, 5.41) is 0. The number of halogens is 2. The Bertz CT molecular complexity index is 1030. The van der Waals surface area contributed by atoms with E-state index in [1.54, 1.807) is 21.6 Å². The normalized spacial score (nSPS) is 10.6. The van der Waals surface area contributed by atoms with E-state index in [0.29, 0.717) is 0 Å². The summed E-state index contributed by atoms with van der Waals surface area (Å²) in [7, 11) is 3.26. The fourth-order valence-corrected chi connectivity index (χ4v) is 6.00. The summed E-state index contributed by atoms with van der Waals surface area (Å²) in [6.45, 7) is 0. The summed E-state index contributed by atoms with van der Waals surface area (Å²) in [4.78, 5) is 2.03. The monoisotopic (exact) mass is 558 g/mol. The van der Waals surface area contributed by atoms with Crippen molar-refractivity contribution < 1.29 is 9.47 Å². The lowest BCUT2D eigenvalue weighted by molar-refractivity contribution is 0.467. The van der Waals surface area contributed by atoms with Crippen molar-refractivity contribution >= 4 is 53.4 Å². The van der Waals surface area contributed by atoms with Crippen LogP contribution in [-0.2, 0) is 0 Å². The fourth-order valence-electron chi connectivity index (χ4n) is 2.61. The van der Waals surface area contributed by atoms with Crippen LogP contribution < -0.4 is 9.47 Å². The third kappa shape index (κ3) is 5.43. The summed E-state index contributed by atoms with van der Waals surface area (Å²) in [5.74, 6) is 3.18. The molecule has 4 aromatic carbocycles. The van der Waals surface area contributed by atoms with E-state index in [1.165, 1.54) is 0 Å². The Hall–Kier alpha value is -1.86. The molecule has 0 aliphatic carbocycles. The van der Waals surface area contributed by atoms with Gasteiger partial charge in [-0.15, -0.1) is 0 Å². The molecule has 0 amide bonds. The lowest BCUT2D eigenvalue weighted by atomic mass is 10.3. The lowest BCUT2D eigenvalue weighted by Gasteiger charge is -2.14. The number of ether oxygens (including phenoxy) is 2. The van der Waals surface area contributed by atoms with Crippen LogP contribution in [0.1, 0.15) is 0 Å². The third-order valence-corrected chi connectivity index (χ3v) is 7.67. The maximum atomic E-state index is 6.16. The van der Waals surface area contributed by atoms with Gasteiger partial charge in [0, 0.05) is 0 Å². The molecular formula is C24H16Br2O2S2. The van der Waals surface area contributed by atoms with Crippen LogP contribution in [0.15, 0.2) is 116 Å². The molecule has 0 aromatic heterocycles. The summed E-state index contributed by atoms with van der Waals surface area (Å²) in [5.41, 5.74) is 0. The van der Waals surface area contributed by atoms with Gasteiger partial charge in [0.25, 0.3) is 0 Å². The molecule has 0 bridgehead atoms. The van der Waals surface area contributed by atoms with Gasteiger partial charge < -0.3 is 9.47 Å². The van der Waals surface area contributed by atoms with Crippen molar-refractivity contribution in [1.82, 2.24) is 0 Å². The van der Waals surface area contributed by atoms with Crippen LogP contribution in [0, 0.1) is 0 Å². The zero-order chi connectivity index (χ0) is 20.8.